The summed E-state index contributed by atoms with van der Waals surface area (Å²) in [6, 6.07) is 7.78. The van der Waals surface area contributed by atoms with Gasteiger partial charge in [-0.15, -0.1) is 0 Å². The van der Waals surface area contributed by atoms with Gasteiger partial charge in [0.05, 0.1) is 13.2 Å². The molecule has 1 rings (SSSR count). The molecule has 20 heavy (non-hydrogen) atoms. The van der Waals surface area contributed by atoms with Crippen LogP contribution >= 0.6 is 0 Å². The van der Waals surface area contributed by atoms with E-state index in [0.717, 1.165) is 36.8 Å². The first-order chi connectivity index (χ1) is 9.67. The number of rotatable bonds is 9. The van der Waals surface area contributed by atoms with E-state index in [4.69, 9.17) is 5.73 Å². The second-order valence-electron chi connectivity index (χ2n) is 4.97. The number of benzene rings is 1. The highest BCUT2D eigenvalue weighted by atomic mass is 16.5. The van der Waals surface area contributed by atoms with Crippen molar-refractivity contribution >= 4 is 5.97 Å². The van der Waals surface area contributed by atoms with Gasteiger partial charge >= 0.3 is 5.97 Å². The summed E-state index contributed by atoms with van der Waals surface area (Å²) in [5.74, 6) is -0.200. The van der Waals surface area contributed by atoms with Crippen molar-refractivity contribution in [1.29, 1.82) is 0 Å². The van der Waals surface area contributed by atoms with Crippen LogP contribution in [0, 0.1) is 0 Å². The molecule has 0 aromatic heterocycles. The van der Waals surface area contributed by atoms with Crippen molar-refractivity contribution in [2.24, 2.45) is 5.73 Å². The summed E-state index contributed by atoms with van der Waals surface area (Å²) < 4.78 is 4.61. The van der Waals surface area contributed by atoms with Crippen LogP contribution in [0.5, 0.6) is 0 Å². The van der Waals surface area contributed by atoms with Crippen molar-refractivity contribution in [3.63, 3.8) is 0 Å². The Morgan fingerprint density at radius 3 is 2.55 bits per heavy atom. The number of aliphatic hydroxyl groups is 1. The van der Waals surface area contributed by atoms with Gasteiger partial charge in [0.1, 0.15) is 0 Å². The number of hydrogen-bond donors (Lipinski definition) is 2. The Labute approximate surface area is 120 Å². The molecule has 0 heterocycles. The molecular weight excluding hydrogens is 254 g/mol. The summed E-state index contributed by atoms with van der Waals surface area (Å²) in [5.41, 5.74) is 7.45. The second kappa shape index (κ2) is 9.50. The molecule has 1 aromatic carbocycles. The number of methoxy groups -OCH3 is 1. The predicted octanol–water partition coefficient (Wildman–Crippen LogP) is 2.34. The van der Waals surface area contributed by atoms with Gasteiger partial charge in [-0.2, -0.15) is 0 Å². The number of hydrogen-bond acceptors (Lipinski definition) is 4. The van der Waals surface area contributed by atoms with Crippen molar-refractivity contribution in [2.45, 2.75) is 44.6 Å². The summed E-state index contributed by atoms with van der Waals surface area (Å²) >= 11 is 0. The fourth-order valence-corrected chi connectivity index (χ4v) is 2.08. The zero-order chi connectivity index (χ0) is 14.8. The van der Waals surface area contributed by atoms with E-state index in [0.29, 0.717) is 19.4 Å². The minimum atomic E-state index is -0.414. The highest BCUT2D eigenvalue weighted by molar-refractivity contribution is 5.69. The number of esters is 1. The van der Waals surface area contributed by atoms with Crippen LogP contribution in [0.15, 0.2) is 24.3 Å². The lowest BCUT2D eigenvalue weighted by molar-refractivity contribution is -0.140. The van der Waals surface area contributed by atoms with Crippen LogP contribution in [0.1, 0.15) is 49.3 Å². The highest BCUT2D eigenvalue weighted by Crippen LogP contribution is 2.20. The zero-order valence-electron chi connectivity index (χ0n) is 12.2. The first kappa shape index (κ1) is 16.7. The molecule has 0 spiro atoms. The van der Waals surface area contributed by atoms with Crippen LogP contribution < -0.4 is 5.73 Å². The third-order valence-corrected chi connectivity index (χ3v) is 3.39. The van der Waals surface area contributed by atoms with E-state index in [1.165, 1.54) is 7.11 Å². The lowest BCUT2D eigenvalue weighted by Crippen LogP contribution is -2.03. The van der Waals surface area contributed by atoms with E-state index in [1.54, 1.807) is 0 Å². The Balaban J connectivity index is 2.38. The van der Waals surface area contributed by atoms with Crippen LogP contribution in [-0.4, -0.2) is 24.7 Å². The summed E-state index contributed by atoms with van der Waals surface area (Å²) in [5, 5.41) is 10.1. The first-order valence-electron chi connectivity index (χ1n) is 7.21. The fraction of sp³-hybridized carbons (Fsp3) is 0.562. The van der Waals surface area contributed by atoms with Gasteiger partial charge in [0.15, 0.2) is 0 Å². The molecule has 0 amide bonds. The Morgan fingerprint density at radius 1 is 1.25 bits per heavy atom. The number of aryl methyl sites for hydroxylation is 1. The van der Waals surface area contributed by atoms with Gasteiger partial charge in [0.2, 0.25) is 0 Å². The van der Waals surface area contributed by atoms with Gasteiger partial charge in [-0.05, 0) is 36.9 Å². The van der Waals surface area contributed by atoms with Crippen molar-refractivity contribution < 1.29 is 14.6 Å². The Kier molecular flexibility index (Phi) is 7.92. The number of ether oxygens (including phenoxy) is 1. The Morgan fingerprint density at radius 2 is 1.95 bits per heavy atom. The molecule has 0 radical (unpaired) electrons. The third kappa shape index (κ3) is 6.17. The van der Waals surface area contributed by atoms with Crippen molar-refractivity contribution in [1.82, 2.24) is 0 Å². The van der Waals surface area contributed by atoms with Gasteiger partial charge in [0.25, 0.3) is 0 Å². The molecule has 1 atom stereocenters. The standard InChI is InChI=1S/C16H25NO3/c1-20-16(19)11-8-13-6-9-14(10-7-13)15(18)5-3-2-4-12-17/h6-7,9-10,15,18H,2-5,8,11-12,17H2,1H3. The van der Waals surface area contributed by atoms with Crippen LogP contribution in [0.4, 0.5) is 0 Å². The average Bonchev–Trinajstić information content (AvgIpc) is 2.49. The molecule has 0 fully saturated rings. The van der Waals surface area contributed by atoms with Crippen LogP contribution in [0.2, 0.25) is 0 Å². The molecule has 0 aliphatic carbocycles. The fourth-order valence-electron chi connectivity index (χ4n) is 2.08. The maximum Gasteiger partial charge on any atom is 0.305 e. The largest absolute Gasteiger partial charge is 0.469 e. The monoisotopic (exact) mass is 279 g/mol. The maximum absolute atomic E-state index is 11.1. The summed E-state index contributed by atoms with van der Waals surface area (Å²) in [6.07, 6.45) is 4.47. The minimum Gasteiger partial charge on any atom is -0.469 e. The van der Waals surface area contributed by atoms with Gasteiger partial charge < -0.3 is 15.6 Å². The molecule has 0 aliphatic rings. The molecule has 3 N–H and O–H groups in total. The van der Waals surface area contributed by atoms with Crippen LogP contribution in [0.25, 0.3) is 0 Å². The maximum atomic E-state index is 11.1. The van der Waals surface area contributed by atoms with E-state index < -0.39 is 6.10 Å². The normalized spacial score (nSPS) is 12.2. The highest BCUT2D eigenvalue weighted by Gasteiger charge is 2.07. The smallest absolute Gasteiger partial charge is 0.305 e. The lowest BCUT2D eigenvalue weighted by atomic mass is 10.0. The Hall–Kier alpha value is -1.39. The quantitative estimate of drug-likeness (QED) is 0.537. The van der Waals surface area contributed by atoms with Gasteiger partial charge in [-0.3, -0.25) is 4.79 Å². The van der Waals surface area contributed by atoms with Crippen molar-refractivity contribution in [3.8, 4) is 0 Å². The molecule has 112 valence electrons. The summed E-state index contributed by atoms with van der Waals surface area (Å²) in [7, 11) is 1.40. The summed E-state index contributed by atoms with van der Waals surface area (Å²) in [6.45, 7) is 0.713. The molecule has 0 bridgehead atoms. The number of carbonyl (C=O) groups is 1. The van der Waals surface area contributed by atoms with E-state index in [9.17, 15) is 9.90 Å². The van der Waals surface area contributed by atoms with Gasteiger partial charge in [-0.1, -0.05) is 37.1 Å². The average molecular weight is 279 g/mol. The number of carbonyl (C=O) groups excluding carboxylic acids is 1. The van der Waals surface area contributed by atoms with Crippen LogP contribution in [0.3, 0.4) is 0 Å². The van der Waals surface area contributed by atoms with Crippen molar-refractivity contribution in [3.05, 3.63) is 35.4 Å². The molecule has 4 heteroatoms. The molecule has 4 nitrogen and oxygen atoms in total. The SMILES string of the molecule is COC(=O)CCc1ccc(C(O)CCCCCN)cc1. The topological polar surface area (TPSA) is 72.5 Å². The predicted molar refractivity (Wildman–Crippen MR) is 79.3 cm³/mol. The number of nitrogens with two attached hydrogens (primary N) is 1. The first-order valence-corrected chi connectivity index (χ1v) is 7.21. The number of aliphatic hydroxyl groups excluding tert-OH is 1. The van der Waals surface area contributed by atoms with Gasteiger partial charge in [-0.25, -0.2) is 0 Å². The second-order valence-corrected chi connectivity index (χ2v) is 4.97. The molecule has 1 unspecified atom stereocenters. The van der Waals surface area contributed by atoms with Gasteiger partial charge in [0, 0.05) is 6.42 Å². The molecule has 0 saturated heterocycles. The van der Waals surface area contributed by atoms with E-state index in [1.807, 2.05) is 24.3 Å². The number of unbranched alkanes of at least 4 members (excludes halogenated alkanes) is 2. The van der Waals surface area contributed by atoms with Crippen molar-refractivity contribution in [2.75, 3.05) is 13.7 Å². The molecule has 1 aromatic rings. The van der Waals surface area contributed by atoms with E-state index in [2.05, 4.69) is 4.74 Å². The van der Waals surface area contributed by atoms with Crippen LogP contribution in [-0.2, 0) is 16.0 Å². The summed E-state index contributed by atoms with van der Waals surface area (Å²) in [4.78, 5) is 11.1. The zero-order valence-corrected chi connectivity index (χ0v) is 12.2. The molecule has 0 saturated carbocycles. The third-order valence-electron chi connectivity index (χ3n) is 3.39. The minimum absolute atomic E-state index is 0.200. The van der Waals surface area contributed by atoms with E-state index in [-0.39, 0.29) is 5.97 Å². The molecular formula is C16H25NO3. The van der Waals surface area contributed by atoms with E-state index >= 15 is 0 Å². The Bertz CT molecular complexity index is 389. The lowest BCUT2D eigenvalue weighted by Gasteiger charge is -2.11. The molecule has 0 aliphatic heterocycles.